The fourth-order valence-electron chi connectivity index (χ4n) is 4.20. The molecule has 2 aliphatic rings. The molecule has 1 saturated heterocycles. The van der Waals surface area contributed by atoms with Crippen LogP contribution in [0.1, 0.15) is 17.5 Å². The number of aryl methyl sites for hydroxylation is 1. The van der Waals surface area contributed by atoms with Crippen molar-refractivity contribution in [3.8, 4) is 0 Å². The lowest BCUT2D eigenvalue weighted by Crippen LogP contribution is -2.60. The summed E-state index contributed by atoms with van der Waals surface area (Å²) in [5.74, 6) is -0.799. The molecule has 158 valence electrons. The first-order chi connectivity index (χ1) is 14.4. The summed E-state index contributed by atoms with van der Waals surface area (Å²) in [6.07, 6.45) is 1.42. The van der Waals surface area contributed by atoms with Crippen LogP contribution < -0.4 is 15.5 Å². The van der Waals surface area contributed by atoms with E-state index < -0.39 is 30.2 Å². The number of aliphatic hydroxyl groups excluding tert-OH is 2. The number of rotatable bonds is 4. The molecule has 9 heteroatoms. The zero-order chi connectivity index (χ0) is 21.4. The van der Waals surface area contributed by atoms with Crippen molar-refractivity contribution >= 4 is 40.5 Å². The van der Waals surface area contributed by atoms with Crippen LogP contribution in [0.3, 0.4) is 0 Å². The van der Waals surface area contributed by atoms with Crippen LogP contribution in [0.15, 0.2) is 42.7 Å². The Morgan fingerprint density at radius 1 is 1.40 bits per heavy atom. The number of benzene rings is 1. The van der Waals surface area contributed by atoms with Gasteiger partial charge in [0.05, 0.1) is 24.1 Å². The molecule has 2 aromatic rings. The summed E-state index contributed by atoms with van der Waals surface area (Å²) in [5.41, 5.74) is 2.55. The highest BCUT2D eigenvalue weighted by molar-refractivity contribution is 7.80. The highest BCUT2D eigenvalue weighted by Crippen LogP contribution is 2.37. The van der Waals surface area contributed by atoms with E-state index in [1.54, 1.807) is 24.5 Å². The Labute approximate surface area is 185 Å². The van der Waals surface area contributed by atoms with Crippen LogP contribution in [0.4, 0.5) is 5.69 Å². The number of amides is 1. The molecule has 5 atom stereocenters. The Balaban J connectivity index is 1.62. The summed E-state index contributed by atoms with van der Waals surface area (Å²) in [4.78, 5) is 19.0. The van der Waals surface area contributed by atoms with Gasteiger partial charge in [0, 0.05) is 29.6 Å². The zero-order valence-corrected chi connectivity index (χ0v) is 17.9. The Morgan fingerprint density at radius 2 is 2.20 bits per heavy atom. The van der Waals surface area contributed by atoms with Gasteiger partial charge >= 0.3 is 0 Å². The van der Waals surface area contributed by atoms with E-state index in [4.69, 9.17) is 23.8 Å². The number of nitrogens with zero attached hydrogens (tertiary/aromatic N) is 2. The van der Waals surface area contributed by atoms with Gasteiger partial charge in [0.1, 0.15) is 6.10 Å². The van der Waals surface area contributed by atoms with E-state index in [1.165, 1.54) is 0 Å². The number of carbonyl (C=O) groups excluding carboxylic acids is 1. The van der Waals surface area contributed by atoms with Crippen LogP contribution in [0.2, 0.25) is 5.02 Å². The van der Waals surface area contributed by atoms with Crippen molar-refractivity contribution in [1.82, 2.24) is 15.6 Å². The molecule has 1 aromatic carbocycles. The van der Waals surface area contributed by atoms with Crippen LogP contribution >= 0.6 is 23.8 Å². The van der Waals surface area contributed by atoms with E-state index in [-0.39, 0.29) is 12.3 Å². The van der Waals surface area contributed by atoms with Crippen molar-refractivity contribution in [2.45, 2.75) is 44.2 Å². The summed E-state index contributed by atoms with van der Waals surface area (Å²) in [5, 5.41) is 28.0. The maximum absolute atomic E-state index is 13.1. The second-order valence-corrected chi connectivity index (χ2v) is 8.54. The lowest BCUT2D eigenvalue weighted by Gasteiger charge is -2.41. The average molecular weight is 447 g/mol. The summed E-state index contributed by atoms with van der Waals surface area (Å²) in [7, 11) is 0. The molecule has 1 saturated carbocycles. The number of hydrogen-bond donors (Lipinski definition) is 4. The Kier molecular flexibility index (Phi) is 5.92. The third-order valence-electron chi connectivity index (χ3n) is 5.80. The molecule has 0 unspecified atom stereocenters. The van der Waals surface area contributed by atoms with Crippen LogP contribution in [-0.4, -0.2) is 50.5 Å². The number of hydrogen-bond acceptors (Lipinski definition) is 5. The smallest absolute Gasteiger partial charge is 0.225 e. The molecule has 1 aliphatic heterocycles. The van der Waals surface area contributed by atoms with E-state index in [1.807, 2.05) is 30.0 Å². The molecule has 0 spiro atoms. The second kappa shape index (κ2) is 8.47. The van der Waals surface area contributed by atoms with Gasteiger partial charge in [0.15, 0.2) is 5.11 Å². The van der Waals surface area contributed by atoms with Gasteiger partial charge in [-0.1, -0.05) is 23.7 Å². The van der Waals surface area contributed by atoms with Crippen LogP contribution in [0, 0.1) is 12.8 Å². The molecule has 4 rings (SSSR count). The molecule has 0 radical (unpaired) electrons. The minimum absolute atomic E-state index is 0.127. The lowest BCUT2D eigenvalue weighted by atomic mass is 9.77. The first kappa shape index (κ1) is 21.0. The number of carbonyl (C=O) groups is 1. The van der Waals surface area contributed by atoms with Crippen molar-refractivity contribution in [2.75, 3.05) is 4.90 Å². The van der Waals surface area contributed by atoms with E-state index >= 15 is 0 Å². The Morgan fingerprint density at radius 3 is 2.90 bits per heavy atom. The highest BCUT2D eigenvalue weighted by Gasteiger charge is 2.53. The fourth-order valence-corrected chi connectivity index (χ4v) is 4.73. The minimum Gasteiger partial charge on any atom is -0.390 e. The first-order valence-corrected chi connectivity index (χ1v) is 10.5. The molecule has 2 heterocycles. The number of pyridine rings is 1. The normalized spacial score (nSPS) is 28.1. The van der Waals surface area contributed by atoms with E-state index in [9.17, 15) is 15.0 Å². The first-order valence-electron chi connectivity index (χ1n) is 9.75. The summed E-state index contributed by atoms with van der Waals surface area (Å²) in [6.45, 7) is 2.23. The molecule has 30 heavy (non-hydrogen) atoms. The van der Waals surface area contributed by atoms with Crippen LogP contribution in [0.25, 0.3) is 0 Å². The number of nitrogens with one attached hydrogen (secondary N) is 2. The average Bonchev–Trinajstić information content (AvgIpc) is 3.09. The molecule has 2 fully saturated rings. The molecular weight excluding hydrogens is 424 g/mol. The lowest BCUT2D eigenvalue weighted by molar-refractivity contribution is -0.131. The van der Waals surface area contributed by atoms with Crippen molar-refractivity contribution in [3.05, 3.63) is 58.9 Å². The number of aliphatic hydroxyl groups is 2. The Hall–Kier alpha value is -2.26. The second-order valence-electron chi connectivity index (χ2n) is 7.75. The van der Waals surface area contributed by atoms with Crippen LogP contribution in [0.5, 0.6) is 0 Å². The molecular formula is C21H23ClN4O3S. The third kappa shape index (κ3) is 3.88. The maximum Gasteiger partial charge on any atom is 0.225 e. The van der Waals surface area contributed by atoms with Gasteiger partial charge in [0.25, 0.3) is 0 Å². The van der Waals surface area contributed by atoms with Gasteiger partial charge in [-0.3, -0.25) is 9.78 Å². The quantitative estimate of drug-likeness (QED) is 0.529. The summed E-state index contributed by atoms with van der Waals surface area (Å²) >= 11 is 11.8. The van der Waals surface area contributed by atoms with Gasteiger partial charge in [-0.25, -0.2) is 0 Å². The summed E-state index contributed by atoms with van der Waals surface area (Å²) < 4.78 is 0. The number of aromatic nitrogens is 1. The molecule has 4 N–H and O–H groups in total. The van der Waals surface area contributed by atoms with Gasteiger partial charge in [-0.05, 0) is 54.9 Å². The topological polar surface area (TPSA) is 97.7 Å². The Bertz CT molecular complexity index is 961. The molecule has 1 amide bonds. The van der Waals surface area contributed by atoms with Crippen molar-refractivity contribution in [1.29, 1.82) is 0 Å². The predicted molar refractivity (Wildman–Crippen MR) is 118 cm³/mol. The largest absolute Gasteiger partial charge is 0.390 e. The molecule has 0 bridgehead atoms. The number of halogens is 1. The molecule has 7 nitrogen and oxygen atoms in total. The predicted octanol–water partition coefficient (Wildman–Crippen LogP) is 1.53. The van der Waals surface area contributed by atoms with Gasteiger partial charge in [-0.2, -0.15) is 0 Å². The van der Waals surface area contributed by atoms with Crippen molar-refractivity contribution < 1.29 is 15.0 Å². The van der Waals surface area contributed by atoms with Crippen molar-refractivity contribution in [2.24, 2.45) is 5.92 Å². The zero-order valence-electron chi connectivity index (χ0n) is 16.3. The van der Waals surface area contributed by atoms with E-state index in [0.29, 0.717) is 16.7 Å². The van der Waals surface area contributed by atoms with Crippen molar-refractivity contribution in [3.63, 3.8) is 0 Å². The van der Waals surface area contributed by atoms with Gasteiger partial charge < -0.3 is 25.7 Å². The third-order valence-corrected chi connectivity index (χ3v) is 6.53. The van der Waals surface area contributed by atoms with E-state index in [2.05, 4.69) is 15.6 Å². The number of anilines is 1. The SMILES string of the molecule is Cc1ccc(N2C(=S)N[C@H]3[C@@H](O)[C@H](O)C[C@@H](C(=O)NCc4cccnc4)[C@H]32)cc1Cl. The molecule has 1 aromatic heterocycles. The van der Waals surface area contributed by atoms with Crippen LogP contribution in [-0.2, 0) is 11.3 Å². The molecule has 1 aliphatic carbocycles. The number of fused-ring (bicyclic) bond motifs is 1. The fraction of sp³-hybridized carbons (Fsp3) is 0.381. The minimum atomic E-state index is -1.04. The van der Waals surface area contributed by atoms with E-state index in [0.717, 1.165) is 16.8 Å². The summed E-state index contributed by atoms with van der Waals surface area (Å²) in [6, 6.07) is 8.23. The van der Waals surface area contributed by atoms with Gasteiger partial charge in [-0.15, -0.1) is 0 Å². The highest BCUT2D eigenvalue weighted by atomic mass is 35.5. The number of thiocarbonyl (C=S) groups is 1. The monoisotopic (exact) mass is 446 g/mol. The standard InChI is InChI=1S/C21H23ClN4O3S/c1-11-4-5-13(7-15(11)22)26-18-14(8-16(27)19(28)17(18)25-21(26)30)20(29)24-10-12-3-2-6-23-9-12/h2-7,9,14,16-19,27-28H,8,10H2,1H3,(H,24,29)(H,25,30)/t14-,16-,17-,18-,19+/m1/s1. The van der Waals surface area contributed by atoms with Gasteiger partial charge in [0.2, 0.25) is 5.91 Å². The maximum atomic E-state index is 13.1.